The predicted octanol–water partition coefficient (Wildman–Crippen LogP) is 6.04. The van der Waals surface area contributed by atoms with E-state index in [1.807, 2.05) is 0 Å². The normalized spacial score (nSPS) is 22.0. The van der Waals surface area contributed by atoms with Crippen molar-refractivity contribution in [3.05, 3.63) is 0 Å². The van der Waals surface area contributed by atoms with Crippen molar-refractivity contribution in [1.82, 2.24) is 5.32 Å². The summed E-state index contributed by atoms with van der Waals surface area (Å²) in [5.74, 6) is -0.667. The zero-order valence-electron chi connectivity index (χ0n) is 17.6. The number of rotatable bonds is 16. The number of nitrogens with one attached hydrogen (secondary N) is 1. The Bertz CT molecular complexity index is 384. The van der Waals surface area contributed by atoms with Gasteiger partial charge in [-0.15, -0.1) is 0 Å². The molecule has 1 rings (SSSR count). The highest BCUT2D eigenvalue weighted by Gasteiger charge is 2.42. The molecule has 4 nitrogen and oxygen atoms in total. The maximum absolute atomic E-state index is 10.5. The summed E-state index contributed by atoms with van der Waals surface area (Å²) >= 11 is 0. The lowest BCUT2D eigenvalue weighted by atomic mass is 9.95. The number of unbranched alkanes of at least 4 members (excludes halogenated alkanes) is 10. The fourth-order valence-electron chi connectivity index (χ4n) is 3.99. The molecule has 0 radical (unpaired) electrons. The van der Waals surface area contributed by atoms with E-state index in [0.29, 0.717) is 6.42 Å². The highest BCUT2D eigenvalue weighted by molar-refractivity contribution is 5.66. The fourth-order valence-corrected chi connectivity index (χ4v) is 3.99. The third kappa shape index (κ3) is 10.5. The van der Waals surface area contributed by atoms with Crippen LogP contribution in [0.4, 0.5) is 0 Å². The monoisotopic (exact) mass is 369 g/mol. The molecular formula is C22H43NO3. The van der Waals surface area contributed by atoms with Gasteiger partial charge in [0.2, 0.25) is 0 Å². The molecule has 0 unspecified atom stereocenters. The molecule has 0 amide bonds. The van der Waals surface area contributed by atoms with Crippen LogP contribution in [0.25, 0.3) is 0 Å². The second kappa shape index (κ2) is 12.7. The van der Waals surface area contributed by atoms with Crippen LogP contribution in [0, 0.1) is 0 Å². The van der Waals surface area contributed by atoms with E-state index in [1.165, 1.54) is 64.2 Å². The van der Waals surface area contributed by atoms with E-state index in [2.05, 4.69) is 26.1 Å². The minimum Gasteiger partial charge on any atom is -0.481 e. The zero-order valence-corrected chi connectivity index (χ0v) is 17.6. The number of ether oxygens (including phenoxy) is 1. The van der Waals surface area contributed by atoms with E-state index in [-0.39, 0.29) is 11.3 Å². The van der Waals surface area contributed by atoms with E-state index in [9.17, 15) is 4.79 Å². The smallest absolute Gasteiger partial charge is 0.303 e. The van der Waals surface area contributed by atoms with Crippen molar-refractivity contribution in [2.75, 3.05) is 6.61 Å². The van der Waals surface area contributed by atoms with Crippen LogP contribution in [0.1, 0.15) is 117 Å². The lowest BCUT2D eigenvalue weighted by Gasteiger charge is -2.31. The van der Waals surface area contributed by atoms with Gasteiger partial charge in [0.25, 0.3) is 0 Å². The first kappa shape index (κ1) is 23.4. The molecule has 0 bridgehead atoms. The van der Waals surface area contributed by atoms with E-state index in [0.717, 1.165) is 32.3 Å². The molecule has 0 aromatic carbocycles. The minimum atomic E-state index is -0.667. The molecule has 1 aliphatic heterocycles. The van der Waals surface area contributed by atoms with Gasteiger partial charge in [-0.1, -0.05) is 64.7 Å². The first-order chi connectivity index (χ1) is 12.4. The average Bonchev–Trinajstić information content (AvgIpc) is 2.88. The van der Waals surface area contributed by atoms with Crippen molar-refractivity contribution in [2.45, 2.75) is 128 Å². The summed E-state index contributed by atoms with van der Waals surface area (Å²) in [4.78, 5) is 10.5. The SMILES string of the molecule is CCCCCC[C@@]1(CCCCCCCCCCC(=O)O)NC(C)(C)CO1. The summed E-state index contributed by atoms with van der Waals surface area (Å²) in [7, 11) is 0. The van der Waals surface area contributed by atoms with Crippen molar-refractivity contribution in [1.29, 1.82) is 0 Å². The highest BCUT2D eigenvalue weighted by Crippen LogP contribution is 2.32. The second-order valence-electron chi connectivity index (χ2n) is 8.82. The van der Waals surface area contributed by atoms with Gasteiger partial charge in [0.15, 0.2) is 0 Å². The van der Waals surface area contributed by atoms with Gasteiger partial charge in [-0.05, 0) is 46.0 Å². The van der Waals surface area contributed by atoms with Crippen LogP contribution < -0.4 is 5.32 Å². The van der Waals surface area contributed by atoms with Gasteiger partial charge >= 0.3 is 5.97 Å². The Morgan fingerprint density at radius 3 is 1.85 bits per heavy atom. The summed E-state index contributed by atoms with van der Waals surface area (Å²) in [6.45, 7) is 7.56. The molecule has 0 aromatic heterocycles. The summed E-state index contributed by atoms with van der Waals surface area (Å²) in [6, 6.07) is 0. The molecule has 2 N–H and O–H groups in total. The second-order valence-corrected chi connectivity index (χ2v) is 8.82. The van der Waals surface area contributed by atoms with Crippen molar-refractivity contribution in [3.63, 3.8) is 0 Å². The van der Waals surface area contributed by atoms with E-state index >= 15 is 0 Å². The van der Waals surface area contributed by atoms with Crippen LogP contribution in [0.2, 0.25) is 0 Å². The molecule has 1 aliphatic rings. The number of hydrogen-bond acceptors (Lipinski definition) is 3. The lowest BCUT2D eigenvalue weighted by Crippen LogP contribution is -2.48. The Balaban J connectivity index is 2.13. The summed E-state index contributed by atoms with van der Waals surface area (Å²) < 4.78 is 6.27. The number of aliphatic carboxylic acids is 1. The molecule has 1 atom stereocenters. The Morgan fingerprint density at radius 1 is 0.885 bits per heavy atom. The number of carbonyl (C=O) groups is 1. The topological polar surface area (TPSA) is 58.6 Å². The van der Waals surface area contributed by atoms with E-state index in [1.54, 1.807) is 0 Å². The standard InChI is InChI=1S/C22H43NO3/c1-4-5-6-14-17-22(23-21(2,3)19-26-22)18-15-12-10-8-7-9-11-13-16-20(24)25/h23H,4-19H2,1-3H3,(H,24,25)/t22-/m1/s1. The van der Waals surface area contributed by atoms with Gasteiger partial charge in [-0.3, -0.25) is 10.1 Å². The third-order valence-corrected chi connectivity index (χ3v) is 5.43. The summed E-state index contributed by atoms with van der Waals surface area (Å²) in [5, 5.41) is 12.4. The maximum Gasteiger partial charge on any atom is 0.303 e. The van der Waals surface area contributed by atoms with Crippen LogP contribution in [-0.4, -0.2) is 28.9 Å². The van der Waals surface area contributed by atoms with Gasteiger partial charge in [-0.25, -0.2) is 0 Å². The number of hydrogen-bond donors (Lipinski definition) is 2. The van der Waals surface area contributed by atoms with Crippen LogP contribution >= 0.6 is 0 Å². The maximum atomic E-state index is 10.5. The van der Waals surface area contributed by atoms with Crippen molar-refractivity contribution in [3.8, 4) is 0 Å². The zero-order chi connectivity index (χ0) is 19.3. The molecule has 1 saturated heterocycles. The third-order valence-electron chi connectivity index (χ3n) is 5.43. The number of carboxylic acids is 1. The molecule has 0 aliphatic carbocycles. The van der Waals surface area contributed by atoms with Gasteiger partial charge < -0.3 is 9.84 Å². The van der Waals surface area contributed by atoms with Gasteiger partial charge in [-0.2, -0.15) is 0 Å². The molecule has 154 valence electrons. The van der Waals surface area contributed by atoms with Crippen LogP contribution in [-0.2, 0) is 9.53 Å². The Hall–Kier alpha value is -0.610. The molecule has 1 fully saturated rings. The lowest BCUT2D eigenvalue weighted by molar-refractivity contribution is -0.137. The quantitative estimate of drug-likeness (QED) is 0.326. The molecule has 0 spiro atoms. The first-order valence-corrected chi connectivity index (χ1v) is 11.0. The van der Waals surface area contributed by atoms with E-state index in [4.69, 9.17) is 9.84 Å². The number of carboxylic acid groups (broad SMARTS) is 1. The van der Waals surface area contributed by atoms with Crippen LogP contribution in [0.5, 0.6) is 0 Å². The van der Waals surface area contributed by atoms with Crippen molar-refractivity contribution >= 4 is 5.97 Å². The molecule has 4 heteroatoms. The minimum absolute atomic E-state index is 0.0892. The molecule has 26 heavy (non-hydrogen) atoms. The van der Waals surface area contributed by atoms with Crippen molar-refractivity contribution in [2.24, 2.45) is 0 Å². The molecule has 1 heterocycles. The van der Waals surface area contributed by atoms with Crippen LogP contribution in [0.15, 0.2) is 0 Å². The average molecular weight is 370 g/mol. The van der Waals surface area contributed by atoms with E-state index < -0.39 is 5.97 Å². The highest BCUT2D eigenvalue weighted by atomic mass is 16.5. The largest absolute Gasteiger partial charge is 0.481 e. The van der Waals surface area contributed by atoms with Gasteiger partial charge in [0.05, 0.1) is 6.61 Å². The predicted molar refractivity (Wildman–Crippen MR) is 108 cm³/mol. The molecular weight excluding hydrogens is 326 g/mol. The molecule has 0 aromatic rings. The Kier molecular flexibility index (Phi) is 11.5. The molecule has 0 saturated carbocycles. The first-order valence-electron chi connectivity index (χ1n) is 11.0. The van der Waals surface area contributed by atoms with Gasteiger partial charge in [0, 0.05) is 12.0 Å². The summed E-state index contributed by atoms with van der Waals surface area (Å²) in [5.41, 5.74) is 0.00871. The van der Waals surface area contributed by atoms with Crippen LogP contribution in [0.3, 0.4) is 0 Å². The fraction of sp³-hybridized carbons (Fsp3) is 0.955. The summed E-state index contributed by atoms with van der Waals surface area (Å²) in [6.07, 6.45) is 17.1. The van der Waals surface area contributed by atoms with Gasteiger partial charge in [0.1, 0.15) is 5.72 Å². The Labute approximate surface area is 161 Å². The van der Waals surface area contributed by atoms with Crippen molar-refractivity contribution < 1.29 is 14.6 Å². The Morgan fingerprint density at radius 2 is 1.38 bits per heavy atom.